The van der Waals surface area contributed by atoms with E-state index >= 15 is 0 Å². The molecule has 0 saturated heterocycles. The molecule has 110 valence electrons. The first kappa shape index (κ1) is 14.5. The highest BCUT2D eigenvalue weighted by molar-refractivity contribution is 5.77. The predicted octanol–water partition coefficient (Wildman–Crippen LogP) is 1.06. The molecule has 0 fully saturated rings. The third-order valence-electron chi connectivity index (χ3n) is 2.79. The number of nitrogens with one attached hydrogen (secondary N) is 1. The minimum Gasteiger partial charge on any atom is -0.483 e. The maximum absolute atomic E-state index is 11.6. The highest BCUT2D eigenvalue weighted by Gasteiger charge is 2.18. The van der Waals surface area contributed by atoms with Crippen LogP contribution in [0.5, 0.6) is 17.2 Å². The minimum absolute atomic E-state index is 0.0979. The molecule has 0 spiro atoms. The Bertz CT molecular complexity index is 487. The van der Waals surface area contributed by atoms with Crippen molar-refractivity contribution >= 4 is 5.91 Å². The number of hydrogen-bond acceptors (Lipinski definition) is 5. The Morgan fingerprint density at radius 2 is 2.10 bits per heavy atom. The van der Waals surface area contributed by atoms with Crippen molar-refractivity contribution in [2.75, 3.05) is 19.9 Å². The van der Waals surface area contributed by atoms with Gasteiger partial charge < -0.3 is 24.6 Å². The van der Waals surface area contributed by atoms with Crippen LogP contribution < -0.4 is 19.5 Å². The molecule has 1 aromatic carbocycles. The Labute approximate surface area is 117 Å². The van der Waals surface area contributed by atoms with Crippen molar-refractivity contribution in [2.45, 2.75) is 20.5 Å². The molecule has 2 N–H and O–H groups in total. The first-order valence-corrected chi connectivity index (χ1v) is 6.53. The minimum atomic E-state index is -0.195. The number of rotatable bonds is 6. The highest BCUT2D eigenvalue weighted by Crippen LogP contribution is 2.38. The van der Waals surface area contributed by atoms with Crippen LogP contribution in [0.3, 0.4) is 0 Å². The van der Waals surface area contributed by atoms with E-state index in [9.17, 15) is 9.90 Å². The molecule has 1 aliphatic rings. The Kier molecular flexibility index (Phi) is 4.68. The number of fused-ring (bicyclic) bond motifs is 1. The summed E-state index contributed by atoms with van der Waals surface area (Å²) in [6.07, 6.45) is 0. The van der Waals surface area contributed by atoms with Gasteiger partial charge in [0.1, 0.15) is 5.75 Å². The third kappa shape index (κ3) is 3.54. The summed E-state index contributed by atoms with van der Waals surface area (Å²) in [5.41, 5.74) is 0.561. The lowest BCUT2D eigenvalue weighted by atomic mass is 10.2. The quantitative estimate of drug-likeness (QED) is 0.815. The van der Waals surface area contributed by atoms with Crippen molar-refractivity contribution < 1.29 is 24.1 Å². The van der Waals surface area contributed by atoms with Crippen LogP contribution in [0, 0.1) is 5.92 Å². The fourth-order valence-electron chi connectivity index (χ4n) is 1.74. The lowest BCUT2D eigenvalue weighted by Crippen LogP contribution is -2.31. The van der Waals surface area contributed by atoms with Gasteiger partial charge >= 0.3 is 0 Å². The van der Waals surface area contributed by atoms with Crippen LogP contribution >= 0.6 is 0 Å². The first-order chi connectivity index (χ1) is 9.60. The maximum atomic E-state index is 11.6. The van der Waals surface area contributed by atoms with Crippen molar-refractivity contribution in [3.63, 3.8) is 0 Å². The van der Waals surface area contributed by atoms with Crippen molar-refractivity contribution in [3.8, 4) is 17.2 Å². The number of aliphatic hydroxyl groups is 1. The summed E-state index contributed by atoms with van der Waals surface area (Å²) in [6.45, 7) is 4.50. The molecule has 0 saturated carbocycles. The summed E-state index contributed by atoms with van der Waals surface area (Å²) >= 11 is 0. The number of benzene rings is 1. The van der Waals surface area contributed by atoms with Crippen molar-refractivity contribution in [2.24, 2.45) is 5.92 Å². The van der Waals surface area contributed by atoms with Crippen LogP contribution in [-0.2, 0) is 11.4 Å². The third-order valence-corrected chi connectivity index (χ3v) is 2.79. The number of aliphatic hydroxyl groups excluding tert-OH is 1. The molecule has 1 amide bonds. The van der Waals surface area contributed by atoms with Gasteiger partial charge in [-0.1, -0.05) is 13.8 Å². The van der Waals surface area contributed by atoms with Crippen LogP contribution in [0.25, 0.3) is 0 Å². The van der Waals surface area contributed by atoms with Crippen LogP contribution in [-0.4, -0.2) is 31.0 Å². The van der Waals surface area contributed by atoms with Crippen molar-refractivity contribution in [1.82, 2.24) is 5.32 Å². The summed E-state index contributed by atoms with van der Waals surface area (Å²) in [6, 6.07) is 3.29. The predicted molar refractivity (Wildman–Crippen MR) is 71.8 cm³/mol. The molecule has 0 atom stereocenters. The van der Waals surface area contributed by atoms with E-state index in [-0.39, 0.29) is 25.9 Å². The molecule has 20 heavy (non-hydrogen) atoms. The largest absolute Gasteiger partial charge is 0.483 e. The van der Waals surface area contributed by atoms with Crippen molar-refractivity contribution in [1.29, 1.82) is 0 Å². The summed E-state index contributed by atoms with van der Waals surface area (Å²) in [5, 5.41) is 12.1. The van der Waals surface area contributed by atoms with Gasteiger partial charge in [-0.2, -0.15) is 0 Å². The molecule has 1 aromatic rings. The Morgan fingerprint density at radius 3 is 2.75 bits per heavy atom. The fourth-order valence-corrected chi connectivity index (χ4v) is 1.74. The summed E-state index contributed by atoms with van der Waals surface area (Å²) in [7, 11) is 0. The zero-order valence-corrected chi connectivity index (χ0v) is 11.6. The lowest BCUT2D eigenvalue weighted by molar-refractivity contribution is -0.123. The highest BCUT2D eigenvalue weighted by atomic mass is 16.7. The van der Waals surface area contributed by atoms with Crippen LogP contribution in [0.2, 0.25) is 0 Å². The lowest BCUT2D eigenvalue weighted by Gasteiger charge is -2.12. The number of amides is 1. The zero-order valence-electron chi connectivity index (χ0n) is 11.6. The fraction of sp³-hybridized carbons (Fsp3) is 0.500. The van der Waals surface area contributed by atoms with Gasteiger partial charge in [0.2, 0.25) is 6.79 Å². The van der Waals surface area contributed by atoms with E-state index in [0.717, 1.165) is 0 Å². The van der Waals surface area contributed by atoms with Crippen molar-refractivity contribution in [3.05, 3.63) is 17.7 Å². The Morgan fingerprint density at radius 1 is 1.40 bits per heavy atom. The molecule has 0 aromatic heterocycles. The van der Waals surface area contributed by atoms with E-state index in [0.29, 0.717) is 35.3 Å². The molecular formula is C14H19NO5. The standard InChI is InChI=1S/C14H19NO5/c1-9(2)5-15-14(17)7-18-11-4-13-12(19-8-20-13)3-10(11)6-16/h3-4,9,16H,5-8H2,1-2H3,(H,15,17). The number of carbonyl (C=O) groups excluding carboxylic acids is 1. The van der Waals surface area contributed by atoms with E-state index in [1.165, 1.54) is 0 Å². The molecule has 0 unspecified atom stereocenters. The summed E-state index contributed by atoms with van der Waals surface area (Å²) in [4.78, 5) is 11.6. The SMILES string of the molecule is CC(C)CNC(=O)COc1cc2c(cc1CO)OCO2. The van der Waals surface area contributed by atoms with Crippen LogP contribution in [0.15, 0.2) is 12.1 Å². The van der Waals surface area contributed by atoms with Gasteiger partial charge in [-0.15, -0.1) is 0 Å². The van der Waals surface area contributed by atoms with Gasteiger partial charge in [-0.3, -0.25) is 4.79 Å². The maximum Gasteiger partial charge on any atom is 0.257 e. The van der Waals surface area contributed by atoms with Gasteiger partial charge in [-0.05, 0) is 12.0 Å². The first-order valence-electron chi connectivity index (χ1n) is 6.53. The second-order valence-electron chi connectivity index (χ2n) is 4.96. The van der Waals surface area contributed by atoms with E-state index in [2.05, 4.69) is 5.32 Å². The van der Waals surface area contributed by atoms with E-state index in [1.807, 2.05) is 13.8 Å². The summed E-state index contributed by atoms with van der Waals surface area (Å²) in [5.74, 6) is 1.75. The molecule has 0 bridgehead atoms. The molecular weight excluding hydrogens is 262 g/mol. The van der Waals surface area contributed by atoms with E-state index in [4.69, 9.17) is 14.2 Å². The molecule has 1 aliphatic heterocycles. The normalized spacial score (nSPS) is 12.6. The molecule has 2 rings (SSSR count). The van der Waals surface area contributed by atoms with E-state index in [1.54, 1.807) is 12.1 Å². The smallest absolute Gasteiger partial charge is 0.257 e. The zero-order chi connectivity index (χ0) is 14.5. The molecule has 6 heteroatoms. The summed E-state index contributed by atoms with van der Waals surface area (Å²) < 4.78 is 15.9. The van der Waals surface area contributed by atoms with Gasteiger partial charge in [0.15, 0.2) is 18.1 Å². The number of hydrogen-bond donors (Lipinski definition) is 2. The van der Waals surface area contributed by atoms with Gasteiger partial charge in [-0.25, -0.2) is 0 Å². The van der Waals surface area contributed by atoms with Gasteiger partial charge in [0, 0.05) is 18.2 Å². The van der Waals surface area contributed by atoms with Gasteiger partial charge in [0.25, 0.3) is 5.91 Å². The average molecular weight is 281 g/mol. The van der Waals surface area contributed by atoms with Crippen LogP contribution in [0.4, 0.5) is 0 Å². The molecule has 0 aliphatic carbocycles. The second-order valence-corrected chi connectivity index (χ2v) is 4.96. The topological polar surface area (TPSA) is 77.0 Å². The number of ether oxygens (including phenoxy) is 3. The monoisotopic (exact) mass is 281 g/mol. The van der Waals surface area contributed by atoms with Crippen LogP contribution in [0.1, 0.15) is 19.4 Å². The second kappa shape index (κ2) is 6.47. The Hall–Kier alpha value is -1.95. The van der Waals surface area contributed by atoms with E-state index < -0.39 is 0 Å². The average Bonchev–Trinajstić information content (AvgIpc) is 2.88. The molecule has 1 heterocycles. The molecule has 0 radical (unpaired) electrons. The Balaban J connectivity index is 1.97. The van der Waals surface area contributed by atoms with Gasteiger partial charge in [0.05, 0.1) is 6.61 Å². The molecule has 6 nitrogen and oxygen atoms in total. The number of carbonyl (C=O) groups is 1.